The van der Waals surface area contributed by atoms with Gasteiger partial charge in [-0.25, -0.2) is 0 Å². The maximum atomic E-state index is 10.9. The van der Waals surface area contributed by atoms with E-state index in [2.05, 4.69) is 17.7 Å². The van der Waals surface area contributed by atoms with Crippen molar-refractivity contribution in [1.82, 2.24) is 10.7 Å². The van der Waals surface area contributed by atoms with Crippen LogP contribution in [0.25, 0.3) is 0 Å². The fraction of sp³-hybridized carbons (Fsp3) is 0.857. The molecule has 64 valence electrons. The second-order valence-corrected chi connectivity index (χ2v) is 2.95. The summed E-state index contributed by atoms with van der Waals surface area (Å²) in [6, 6.07) is 0.318. The van der Waals surface area contributed by atoms with E-state index in [1.54, 1.807) is 0 Å². The molecule has 2 unspecified atom stereocenters. The number of hydrogen-bond donors (Lipinski definition) is 3. The molecule has 1 saturated heterocycles. The van der Waals surface area contributed by atoms with Crippen molar-refractivity contribution in [1.29, 1.82) is 0 Å². The van der Waals surface area contributed by atoms with Crippen LogP contribution in [0.15, 0.2) is 0 Å². The minimum Gasteiger partial charge on any atom is -0.353 e. The van der Waals surface area contributed by atoms with Crippen LogP contribution in [0.3, 0.4) is 0 Å². The molecule has 0 spiro atoms. The van der Waals surface area contributed by atoms with Gasteiger partial charge in [0.1, 0.15) is 0 Å². The molecule has 0 bridgehead atoms. The smallest absolute Gasteiger partial charge is 0.220 e. The van der Waals surface area contributed by atoms with Crippen LogP contribution in [-0.2, 0) is 4.79 Å². The van der Waals surface area contributed by atoms with E-state index in [1.807, 2.05) is 0 Å². The lowest BCUT2D eigenvalue weighted by Gasteiger charge is -2.15. The Kier molecular flexibility index (Phi) is 2.84. The SMILES string of the molecule is CCC1NC(=O)CC1CNN. The number of nitrogens with one attached hydrogen (secondary N) is 2. The number of rotatable bonds is 3. The van der Waals surface area contributed by atoms with Crippen molar-refractivity contribution in [2.24, 2.45) is 11.8 Å². The fourth-order valence-corrected chi connectivity index (χ4v) is 1.57. The van der Waals surface area contributed by atoms with Crippen molar-refractivity contribution in [2.45, 2.75) is 25.8 Å². The van der Waals surface area contributed by atoms with Crippen LogP contribution >= 0.6 is 0 Å². The second kappa shape index (κ2) is 3.69. The molecule has 4 N–H and O–H groups in total. The Balaban J connectivity index is 2.43. The second-order valence-electron chi connectivity index (χ2n) is 2.95. The van der Waals surface area contributed by atoms with Crippen LogP contribution in [0.2, 0.25) is 0 Å². The van der Waals surface area contributed by atoms with Gasteiger partial charge in [-0.3, -0.25) is 16.1 Å². The van der Waals surface area contributed by atoms with Crippen molar-refractivity contribution in [2.75, 3.05) is 6.54 Å². The molecule has 1 fully saturated rings. The summed E-state index contributed by atoms with van der Waals surface area (Å²) in [6.07, 6.45) is 1.60. The predicted molar refractivity (Wildman–Crippen MR) is 42.5 cm³/mol. The van der Waals surface area contributed by atoms with E-state index in [1.165, 1.54) is 0 Å². The molecule has 0 radical (unpaired) electrons. The maximum Gasteiger partial charge on any atom is 0.220 e. The largest absolute Gasteiger partial charge is 0.353 e. The quantitative estimate of drug-likeness (QED) is 0.377. The van der Waals surface area contributed by atoms with Crippen molar-refractivity contribution in [3.8, 4) is 0 Å². The summed E-state index contributed by atoms with van der Waals surface area (Å²) >= 11 is 0. The van der Waals surface area contributed by atoms with E-state index in [0.29, 0.717) is 18.4 Å². The van der Waals surface area contributed by atoms with Crippen LogP contribution in [0.1, 0.15) is 19.8 Å². The Bertz CT molecular complexity index is 149. The van der Waals surface area contributed by atoms with Crippen LogP contribution in [0.4, 0.5) is 0 Å². The lowest BCUT2D eigenvalue weighted by atomic mass is 9.99. The summed E-state index contributed by atoms with van der Waals surface area (Å²) < 4.78 is 0. The van der Waals surface area contributed by atoms with E-state index < -0.39 is 0 Å². The average molecular weight is 157 g/mol. The van der Waals surface area contributed by atoms with E-state index in [4.69, 9.17) is 5.84 Å². The van der Waals surface area contributed by atoms with Crippen LogP contribution in [-0.4, -0.2) is 18.5 Å². The highest BCUT2D eigenvalue weighted by Crippen LogP contribution is 2.17. The summed E-state index contributed by atoms with van der Waals surface area (Å²) in [7, 11) is 0. The third-order valence-corrected chi connectivity index (χ3v) is 2.18. The Hall–Kier alpha value is -0.610. The number of hydrazine groups is 1. The summed E-state index contributed by atoms with van der Waals surface area (Å²) in [6.45, 7) is 2.79. The van der Waals surface area contributed by atoms with Crippen LogP contribution in [0.5, 0.6) is 0 Å². The molecular weight excluding hydrogens is 142 g/mol. The van der Waals surface area contributed by atoms with Gasteiger partial charge in [-0.05, 0) is 6.42 Å². The molecule has 0 aliphatic carbocycles. The van der Waals surface area contributed by atoms with Crippen LogP contribution in [0, 0.1) is 5.92 Å². The van der Waals surface area contributed by atoms with Gasteiger partial charge in [-0.15, -0.1) is 0 Å². The number of hydrogen-bond acceptors (Lipinski definition) is 3. The van der Waals surface area contributed by atoms with E-state index in [9.17, 15) is 4.79 Å². The molecule has 1 heterocycles. The Labute approximate surface area is 66.5 Å². The van der Waals surface area contributed by atoms with Crippen LogP contribution < -0.4 is 16.6 Å². The number of nitrogens with two attached hydrogens (primary N) is 1. The molecular formula is C7H15N3O. The molecule has 1 aliphatic heterocycles. The van der Waals surface area contributed by atoms with Gasteiger partial charge in [0.2, 0.25) is 5.91 Å². The zero-order chi connectivity index (χ0) is 8.27. The fourth-order valence-electron chi connectivity index (χ4n) is 1.57. The Morgan fingerprint density at radius 3 is 3.09 bits per heavy atom. The molecule has 1 aliphatic rings. The van der Waals surface area contributed by atoms with E-state index in [-0.39, 0.29) is 5.91 Å². The first-order valence-corrected chi connectivity index (χ1v) is 4.00. The van der Waals surface area contributed by atoms with Crippen molar-refractivity contribution in [3.63, 3.8) is 0 Å². The third kappa shape index (κ3) is 1.91. The average Bonchev–Trinajstić information content (AvgIpc) is 2.32. The first kappa shape index (κ1) is 8.49. The number of carbonyl (C=O) groups is 1. The number of carbonyl (C=O) groups excluding carboxylic acids is 1. The molecule has 0 aromatic heterocycles. The van der Waals surface area contributed by atoms with Gasteiger partial charge in [0.15, 0.2) is 0 Å². The topological polar surface area (TPSA) is 67.2 Å². The lowest BCUT2D eigenvalue weighted by Crippen LogP contribution is -2.36. The summed E-state index contributed by atoms with van der Waals surface area (Å²) in [5, 5.41) is 2.90. The first-order valence-electron chi connectivity index (χ1n) is 4.00. The molecule has 11 heavy (non-hydrogen) atoms. The van der Waals surface area contributed by atoms with Gasteiger partial charge in [-0.2, -0.15) is 0 Å². The highest BCUT2D eigenvalue weighted by Gasteiger charge is 2.29. The molecule has 0 aromatic carbocycles. The predicted octanol–water partition coefficient (Wildman–Crippen LogP) is -0.636. The maximum absolute atomic E-state index is 10.9. The Morgan fingerprint density at radius 2 is 2.55 bits per heavy atom. The molecule has 1 amide bonds. The Morgan fingerprint density at radius 1 is 1.82 bits per heavy atom. The minimum absolute atomic E-state index is 0.150. The van der Waals surface area contributed by atoms with Gasteiger partial charge >= 0.3 is 0 Å². The van der Waals surface area contributed by atoms with E-state index in [0.717, 1.165) is 13.0 Å². The normalized spacial score (nSPS) is 30.5. The molecule has 2 atom stereocenters. The highest BCUT2D eigenvalue weighted by molar-refractivity contribution is 5.79. The zero-order valence-electron chi connectivity index (χ0n) is 6.76. The molecule has 0 saturated carbocycles. The first-order chi connectivity index (χ1) is 5.27. The molecule has 0 aromatic rings. The molecule has 4 heteroatoms. The standard InChI is InChI=1S/C7H15N3O/c1-2-6-5(4-9-8)3-7(11)10-6/h5-6,9H,2-4,8H2,1H3,(H,10,11). The summed E-state index contributed by atoms with van der Waals surface area (Å²) in [5.74, 6) is 5.70. The summed E-state index contributed by atoms with van der Waals surface area (Å²) in [4.78, 5) is 10.9. The molecule has 4 nitrogen and oxygen atoms in total. The van der Waals surface area contributed by atoms with Gasteiger partial charge < -0.3 is 5.32 Å². The van der Waals surface area contributed by atoms with Crippen molar-refractivity contribution < 1.29 is 4.79 Å². The zero-order valence-corrected chi connectivity index (χ0v) is 6.76. The highest BCUT2D eigenvalue weighted by atomic mass is 16.2. The van der Waals surface area contributed by atoms with Crippen molar-refractivity contribution >= 4 is 5.91 Å². The van der Waals surface area contributed by atoms with Gasteiger partial charge in [-0.1, -0.05) is 6.92 Å². The minimum atomic E-state index is 0.150. The van der Waals surface area contributed by atoms with Gasteiger partial charge in [0.05, 0.1) is 0 Å². The molecule has 1 rings (SSSR count). The van der Waals surface area contributed by atoms with Gasteiger partial charge in [0, 0.05) is 24.9 Å². The van der Waals surface area contributed by atoms with Gasteiger partial charge in [0.25, 0.3) is 0 Å². The summed E-state index contributed by atoms with van der Waals surface area (Å²) in [5.41, 5.74) is 2.60. The third-order valence-electron chi connectivity index (χ3n) is 2.18. The van der Waals surface area contributed by atoms with E-state index >= 15 is 0 Å². The number of amides is 1. The lowest BCUT2D eigenvalue weighted by molar-refractivity contribution is -0.119. The van der Waals surface area contributed by atoms with Crippen molar-refractivity contribution in [3.05, 3.63) is 0 Å². The monoisotopic (exact) mass is 157 g/mol.